The van der Waals surface area contributed by atoms with Crippen LogP contribution in [0.4, 0.5) is 0 Å². The summed E-state index contributed by atoms with van der Waals surface area (Å²) in [6.07, 6.45) is 2.62. The molecule has 1 saturated heterocycles. The molecule has 0 aromatic rings. The molecule has 0 bridgehead atoms. The molecule has 1 aliphatic rings. The van der Waals surface area contributed by atoms with Crippen LogP contribution >= 0.6 is 11.8 Å². The van der Waals surface area contributed by atoms with Crippen LogP contribution in [0.2, 0.25) is 0 Å². The molecule has 0 aromatic carbocycles. The molecule has 14 heavy (non-hydrogen) atoms. The van der Waals surface area contributed by atoms with Gasteiger partial charge in [-0.25, -0.2) is 4.79 Å². The Bertz CT molecular complexity index is 254. The van der Waals surface area contributed by atoms with Gasteiger partial charge in [0.2, 0.25) is 5.91 Å². The van der Waals surface area contributed by atoms with E-state index in [4.69, 9.17) is 5.11 Å². The third-order valence-electron chi connectivity index (χ3n) is 2.05. The van der Waals surface area contributed by atoms with Gasteiger partial charge in [0, 0.05) is 12.2 Å². The summed E-state index contributed by atoms with van der Waals surface area (Å²) in [5.41, 5.74) is 0. The van der Waals surface area contributed by atoms with Crippen molar-refractivity contribution in [1.82, 2.24) is 4.90 Å². The van der Waals surface area contributed by atoms with Crippen molar-refractivity contribution in [2.45, 2.75) is 18.9 Å². The molecule has 1 aliphatic heterocycles. The summed E-state index contributed by atoms with van der Waals surface area (Å²) >= 11 is 1.48. The molecule has 5 heteroatoms. The van der Waals surface area contributed by atoms with Crippen LogP contribution in [0.5, 0.6) is 0 Å². The predicted octanol–water partition coefficient (Wildman–Crippen LogP) is 0.939. The van der Waals surface area contributed by atoms with Crippen molar-refractivity contribution >= 4 is 23.6 Å². The van der Waals surface area contributed by atoms with Crippen LogP contribution in [0.25, 0.3) is 0 Å². The third-order valence-corrected chi connectivity index (χ3v) is 3.06. The second kappa shape index (κ2) is 5.05. The van der Waals surface area contributed by atoms with Crippen LogP contribution in [0.3, 0.4) is 0 Å². The topological polar surface area (TPSA) is 57.6 Å². The second-order valence-corrected chi connectivity index (χ2v) is 4.04. The molecule has 1 fully saturated rings. The Balaban J connectivity index is 2.53. The van der Waals surface area contributed by atoms with Crippen LogP contribution < -0.4 is 0 Å². The highest BCUT2D eigenvalue weighted by atomic mass is 32.2. The number of allylic oxidation sites excluding steroid dienone is 1. The van der Waals surface area contributed by atoms with Gasteiger partial charge in [0.1, 0.15) is 6.04 Å². The van der Waals surface area contributed by atoms with E-state index in [1.807, 2.05) is 0 Å². The molecule has 1 rings (SSSR count). The zero-order valence-electron chi connectivity index (χ0n) is 7.81. The minimum Gasteiger partial charge on any atom is -0.480 e. The molecular weight excluding hydrogens is 202 g/mol. The average Bonchev–Trinajstić information content (AvgIpc) is 2.62. The first-order valence-electron chi connectivity index (χ1n) is 4.37. The Morgan fingerprint density at radius 3 is 2.93 bits per heavy atom. The zero-order valence-corrected chi connectivity index (χ0v) is 8.63. The van der Waals surface area contributed by atoms with E-state index >= 15 is 0 Å². The van der Waals surface area contributed by atoms with Crippen molar-refractivity contribution in [2.24, 2.45) is 0 Å². The van der Waals surface area contributed by atoms with E-state index in [0.29, 0.717) is 24.5 Å². The molecule has 4 nitrogen and oxygen atoms in total. The van der Waals surface area contributed by atoms with E-state index in [-0.39, 0.29) is 5.91 Å². The van der Waals surface area contributed by atoms with Gasteiger partial charge in [-0.1, -0.05) is 6.08 Å². The van der Waals surface area contributed by atoms with Crippen molar-refractivity contribution in [2.75, 3.05) is 11.6 Å². The Kier molecular flexibility index (Phi) is 4.00. The van der Waals surface area contributed by atoms with Gasteiger partial charge in [0.25, 0.3) is 0 Å². The fraction of sp³-hybridized carbons (Fsp3) is 0.556. The molecule has 1 heterocycles. The van der Waals surface area contributed by atoms with E-state index in [0.717, 1.165) is 0 Å². The molecule has 0 spiro atoms. The lowest BCUT2D eigenvalue weighted by Crippen LogP contribution is -2.41. The Morgan fingerprint density at radius 1 is 1.64 bits per heavy atom. The minimum absolute atomic E-state index is 0.0951. The normalized spacial score (nSPS) is 20.9. The quantitative estimate of drug-likeness (QED) is 0.709. The lowest BCUT2D eigenvalue weighted by molar-refractivity contribution is -0.147. The first-order valence-corrected chi connectivity index (χ1v) is 5.53. The number of hydrogen-bond acceptors (Lipinski definition) is 3. The highest BCUT2D eigenvalue weighted by Gasteiger charge is 2.33. The molecule has 0 saturated carbocycles. The van der Waals surface area contributed by atoms with Crippen LogP contribution in [0, 0.1) is 0 Å². The van der Waals surface area contributed by atoms with Crippen LogP contribution in [-0.2, 0) is 9.59 Å². The van der Waals surface area contributed by atoms with Gasteiger partial charge in [-0.15, -0.1) is 18.3 Å². The van der Waals surface area contributed by atoms with E-state index in [1.165, 1.54) is 16.7 Å². The van der Waals surface area contributed by atoms with E-state index in [2.05, 4.69) is 6.58 Å². The number of carbonyl (C=O) groups excluding carboxylic acids is 1. The number of carbonyl (C=O) groups is 2. The maximum absolute atomic E-state index is 11.5. The van der Waals surface area contributed by atoms with Gasteiger partial charge < -0.3 is 10.0 Å². The number of thioether (sulfide) groups is 1. The number of amides is 1. The minimum atomic E-state index is -0.915. The summed E-state index contributed by atoms with van der Waals surface area (Å²) in [7, 11) is 0. The number of carboxylic acids is 1. The van der Waals surface area contributed by atoms with Crippen molar-refractivity contribution in [3.05, 3.63) is 12.7 Å². The third kappa shape index (κ3) is 2.51. The van der Waals surface area contributed by atoms with Crippen LogP contribution in [0.1, 0.15) is 12.8 Å². The van der Waals surface area contributed by atoms with Crippen molar-refractivity contribution in [3.63, 3.8) is 0 Å². The second-order valence-electron chi connectivity index (χ2n) is 3.04. The molecule has 0 radical (unpaired) electrons. The summed E-state index contributed by atoms with van der Waals surface area (Å²) in [4.78, 5) is 23.7. The van der Waals surface area contributed by atoms with Crippen LogP contribution in [-0.4, -0.2) is 39.6 Å². The first-order chi connectivity index (χ1) is 6.66. The number of hydrogen-bond donors (Lipinski definition) is 1. The summed E-state index contributed by atoms with van der Waals surface area (Å²) in [6, 6.07) is -0.641. The SMILES string of the molecule is C=CCCC(=O)N1CSCC1C(=O)O. The smallest absolute Gasteiger partial charge is 0.327 e. The lowest BCUT2D eigenvalue weighted by atomic mass is 10.2. The fourth-order valence-electron chi connectivity index (χ4n) is 1.26. The standard InChI is InChI=1S/C9H13NO3S/c1-2-3-4-8(11)10-6-14-5-7(10)9(12)13/h2,7H,1,3-6H2,(H,12,13). The molecule has 1 unspecified atom stereocenters. The number of aliphatic carboxylic acids is 1. The molecule has 0 aliphatic carbocycles. The lowest BCUT2D eigenvalue weighted by Gasteiger charge is -2.19. The highest BCUT2D eigenvalue weighted by Crippen LogP contribution is 2.22. The zero-order chi connectivity index (χ0) is 10.6. The van der Waals surface area contributed by atoms with Gasteiger partial charge in [-0.3, -0.25) is 4.79 Å². The van der Waals surface area contributed by atoms with E-state index < -0.39 is 12.0 Å². The number of carboxylic acid groups (broad SMARTS) is 1. The molecule has 1 amide bonds. The summed E-state index contributed by atoms with van der Waals surface area (Å²) < 4.78 is 0. The predicted molar refractivity (Wildman–Crippen MR) is 55.0 cm³/mol. The maximum Gasteiger partial charge on any atom is 0.327 e. The van der Waals surface area contributed by atoms with Gasteiger partial charge in [0.15, 0.2) is 0 Å². The summed E-state index contributed by atoms with van der Waals surface area (Å²) in [5.74, 6) is -0.0218. The Hall–Kier alpha value is -0.970. The van der Waals surface area contributed by atoms with Crippen molar-refractivity contribution < 1.29 is 14.7 Å². The molecular formula is C9H13NO3S. The number of rotatable bonds is 4. The van der Waals surface area contributed by atoms with Gasteiger partial charge in [-0.2, -0.15) is 0 Å². The van der Waals surface area contributed by atoms with Crippen LogP contribution in [0.15, 0.2) is 12.7 Å². The monoisotopic (exact) mass is 215 g/mol. The highest BCUT2D eigenvalue weighted by molar-refractivity contribution is 7.99. The fourth-order valence-corrected chi connectivity index (χ4v) is 2.43. The first kappa shape index (κ1) is 11.1. The average molecular weight is 215 g/mol. The Morgan fingerprint density at radius 2 is 2.36 bits per heavy atom. The van der Waals surface area contributed by atoms with Crippen molar-refractivity contribution in [1.29, 1.82) is 0 Å². The van der Waals surface area contributed by atoms with Gasteiger partial charge in [0.05, 0.1) is 5.88 Å². The largest absolute Gasteiger partial charge is 0.480 e. The molecule has 1 atom stereocenters. The molecule has 78 valence electrons. The van der Waals surface area contributed by atoms with Gasteiger partial charge in [-0.05, 0) is 6.42 Å². The maximum atomic E-state index is 11.5. The van der Waals surface area contributed by atoms with Gasteiger partial charge >= 0.3 is 5.97 Å². The molecule has 0 aromatic heterocycles. The Labute approximate surface area is 87.0 Å². The summed E-state index contributed by atoms with van der Waals surface area (Å²) in [6.45, 7) is 3.52. The van der Waals surface area contributed by atoms with E-state index in [1.54, 1.807) is 6.08 Å². The molecule has 1 N–H and O–H groups in total. The summed E-state index contributed by atoms with van der Waals surface area (Å²) in [5, 5.41) is 8.83. The number of nitrogens with zero attached hydrogens (tertiary/aromatic N) is 1. The van der Waals surface area contributed by atoms with E-state index in [9.17, 15) is 9.59 Å². The van der Waals surface area contributed by atoms with Crippen molar-refractivity contribution in [3.8, 4) is 0 Å².